The summed E-state index contributed by atoms with van der Waals surface area (Å²) in [5.41, 5.74) is 2.27. The molecule has 9 heteroatoms. The van der Waals surface area contributed by atoms with Gasteiger partial charge in [-0.05, 0) is 50.1 Å². The molecule has 0 unspecified atom stereocenters. The van der Waals surface area contributed by atoms with Crippen LogP contribution in [0.3, 0.4) is 0 Å². The zero-order chi connectivity index (χ0) is 21.7. The fourth-order valence-electron chi connectivity index (χ4n) is 2.77. The Balaban J connectivity index is 1.79. The second-order valence-electron chi connectivity index (χ2n) is 7.01. The van der Waals surface area contributed by atoms with Gasteiger partial charge in [-0.25, -0.2) is 8.42 Å². The second kappa shape index (κ2) is 9.36. The van der Waals surface area contributed by atoms with Gasteiger partial charge in [0.25, 0.3) is 15.9 Å². The number of aryl methyl sites for hydroxylation is 3. The highest BCUT2D eigenvalue weighted by Gasteiger charge is 2.20. The van der Waals surface area contributed by atoms with E-state index in [-0.39, 0.29) is 10.5 Å². The molecule has 0 aliphatic carbocycles. The third kappa shape index (κ3) is 5.43. The lowest BCUT2D eigenvalue weighted by Crippen LogP contribution is -2.17. The van der Waals surface area contributed by atoms with Crippen LogP contribution in [-0.4, -0.2) is 24.5 Å². The number of hydrogen-bond acceptors (Lipinski definition) is 6. The molecule has 0 aliphatic rings. The van der Waals surface area contributed by atoms with Crippen molar-refractivity contribution in [2.24, 2.45) is 0 Å². The van der Waals surface area contributed by atoms with Crippen molar-refractivity contribution in [2.45, 2.75) is 44.9 Å². The summed E-state index contributed by atoms with van der Waals surface area (Å²) in [4.78, 5) is 12.7. The molecule has 30 heavy (non-hydrogen) atoms. The van der Waals surface area contributed by atoms with Crippen LogP contribution < -0.4 is 10.0 Å². The number of amides is 1. The van der Waals surface area contributed by atoms with Crippen LogP contribution in [0.1, 0.15) is 46.3 Å². The number of sulfonamides is 1. The first-order valence-corrected chi connectivity index (χ1v) is 11.9. The van der Waals surface area contributed by atoms with E-state index in [2.05, 4.69) is 27.2 Å². The Morgan fingerprint density at radius 2 is 1.80 bits per heavy atom. The Morgan fingerprint density at radius 3 is 2.50 bits per heavy atom. The van der Waals surface area contributed by atoms with Gasteiger partial charge in [-0.3, -0.25) is 14.8 Å². The number of unbranched alkanes of at least 4 members (excludes halogenated alkanes) is 1. The number of benzene rings is 2. The third-order valence-corrected chi connectivity index (χ3v) is 6.90. The lowest BCUT2D eigenvalue weighted by Gasteiger charge is -2.12. The first-order valence-electron chi connectivity index (χ1n) is 9.62. The summed E-state index contributed by atoms with van der Waals surface area (Å²) in [5, 5.41) is 12.0. The molecule has 2 N–H and O–H groups in total. The molecule has 1 aromatic heterocycles. The van der Waals surface area contributed by atoms with E-state index in [0.717, 1.165) is 29.8 Å². The molecule has 0 aliphatic heterocycles. The lowest BCUT2D eigenvalue weighted by molar-refractivity contribution is 0.102. The van der Waals surface area contributed by atoms with Crippen LogP contribution in [0.4, 0.5) is 10.8 Å². The summed E-state index contributed by atoms with van der Waals surface area (Å²) in [6.07, 6.45) is 2.88. The van der Waals surface area contributed by atoms with Gasteiger partial charge in [0.1, 0.15) is 5.01 Å². The molecule has 1 heterocycles. The van der Waals surface area contributed by atoms with Crippen LogP contribution in [0.15, 0.2) is 47.4 Å². The molecule has 3 aromatic rings. The van der Waals surface area contributed by atoms with E-state index in [9.17, 15) is 13.2 Å². The predicted octanol–water partition coefficient (Wildman–Crippen LogP) is 4.55. The second-order valence-corrected chi connectivity index (χ2v) is 9.72. The van der Waals surface area contributed by atoms with Gasteiger partial charge in [-0.1, -0.05) is 48.4 Å². The van der Waals surface area contributed by atoms with E-state index in [4.69, 9.17) is 0 Å². The van der Waals surface area contributed by atoms with Gasteiger partial charge in [0.15, 0.2) is 0 Å². The molecule has 0 fully saturated rings. The number of nitrogens with zero attached hydrogens (tertiary/aromatic N) is 2. The quantitative estimate of drug-likeness (QED) is 0.531. The Kier molecular flexibility index (Phi) is 6.84. The van der Waals surface area contributed by atoms with Gasteiger partial charge in [-0.2, -0.15) is 0 Å². The summed E-state index contributed by atoms with van der Waals surface area (Å²) in [6.45, 7) is 5.71. The highest BCUT2D eigenvalue weighted by Crippen LogP contribution is 2.23. The Bertz CT molecular complexity index is 1140. The molecule has 0 saturated carbocycles. The van der Waals surface area contributed by atoms with Gasteiger partial charge in [-0.15, -0.1) is 10.2 Å². The SMILES string of the molecule is CCCCc1nnc(NC(=O)c2ccc(C)c(S(=O)(=O)Nc3ccc(C)cc3)c2)s1. The maximum absolute atomic E-state index is 12.9. The molecule has 2 aromatic carbocycles. The van der Waals surface area contributed by atoms with Gasteiger partial charge >= 0.3 is 0 Å². The average Bonchev–Trinajstić information content (AvgIpc) is 3.15. The summed E-state index contributed by atoms with van der Waals surface area (Å²) < 4.78 is 28.3. The molecular formula is C21H24N4O3S2. The van der Waals surface area contributed by atoms with Crippen molar-refractivity contribution in [3.05, 3.63) is 64.2 Å². The number of nitrogens with one attached hydrogen (secondary N) is 2. The number of hydrogen-bond donors (Lipinski definition) is 2. The number of carbonyl (C=O) groups is 1. The number of aromatic nitrogens is 2. The normalized spacial score (nSPS) is 11.3. The minimum atomic E-state index is -3.85. The Morgan fingerprint density at radius 1 is 1.07 bits per heavy atom. The van der Waals surface area contributed by atoms with E-state index in [0.29, 0.717) is 16.4 Å². The topological polar surface area (TPSA) is 101 Å². The molecule has 0 saturated heterocycles. The number of anilines is 2. The molecule has 0 atom stereocenters. The minimum absolute atomic E-state index is 0.0524. The molecule has 1 amide bonds. The van der Waals surface area contributed by atoms with Crippen molar-refractivity contribution < 1.29 is 13.2 Å². The molecule has 7 nitrogen and oxygen atoms in total. The lowest BCUT2D eigenvalue weighted by atomic mass is 10.1. The summed E-state index contributed by atoms with van der Waals surface area (Å²) >= 11 is 1.33. The maximum Gasteiger partial charge on any atom is 0.262 e. The van der Waals surface area contributed by atoms with Crippen molar-refractivity contribution >= 4 is 38.1 Å². The van der Waals surface area contributed by atoms with Crippen LogP contribution in [0.5, 0.6) is 0 Å². The van der Waals surface area contributed by atoms with Gasteiger partial charge in [0, 0.05) is 17.7 Å². The summed E-state index contributed by atoms with van der Waals surface area (Å²) in [7, 11) is -3.85. The van der Waals surface area contributed by atoms with Crippen LogP contribution in [0.25, 0.3) is 0 Å². The van der Waals surface area contributed by atoms with Crippen molar-refractivity contribution in [1.29, 1.82) is 0 Å². The average molecular weight is 445 g/mol. The van der Waals surface area contributed by atoms with Crippen LogP contribution >= 0.6 is 11.3 Å². The van der Waals surface area contributed by atoms with E-state index < -0.39 is 15.9 Å². The van der Waals surface area contributed by atoms with E-state index >= 15 is 0 Å². The summed E-state index contributed by atoms with van der Waals surface area (Å²) in [6, 6.07) is 11.6. The van der Waals surface area contributed by atoms with Crippen molar-refractivity contribution in [3.8, 4) is 0 Å². The van der Waals surface area contributed by atoms with Gasteiger partial charge in [0.2, 0.25) is 5.13 Å². The Hall–Kier alpha value is -2.78. The molecule has 0 radical (unpaired) electrons. The minimum Gasteiger partial charge on any atom is -0.296 e. The zero-order valence-corrected chi connectivity index (χ0v) is 18.7. The highest BCUT2D eigenvalue weighted by molar-refractivity contribution is 7.92. The fourth-order valence-corrected chi connectivity index (χ4v) is 4.87. The smallest absolute Gasteiger partial charge is 0.262 e. The van der Waals surface area contributed by atoms with E-state index in [1.54, 1.807) is 31.2 Å². The van der Waals surface area contributed by atoms with Crippen molar-refractivity contribution in [3.63, 3.8) is 0 Å². The molecule has 158 valence electrons. The third-order valence-electron chi connectivity index (χ3n) is 4.48. The van der Waals surface area contributed by atoms with Gasteiger partial charge in [0.05, 0.1) is 4.90 Å². The molecular weight excluding hydrogens is 420 g/mol. The molecule has 3 rings (SSSR count). The van der Waals surface area contributed by atoms with Crippen LogP contribution in [-0.2, 0) is 16.4 Å². The summed E-state index contributed by atoms with van der Waals surface area (Å²) in [5.74, 6) is -0.431. The highest BCUT2D eigenvalue weighted by atomic mass is 32.2. The Labute approximate surface area is 180 Å². The van der Waals surface area contributed by atoms with Gasteiger partial charge < -0.3 is 0 Å². The first-order chi connectivity index (χ1) is 14.3. The van der Waals surface area contributed by atoms with Crippen molar-refractivity contribution in [2.75, 3.05) is 10.0 Å². The largest absolute Gasteiger partial charge is 0.296 e. The number of rotatable bonds is 8. The van der Waals surface area contributed by atoms with E-state index in [1.165, 1.54) is 17.4 Å². The van der Waals surface area contributed by atoms with Crippen LogP contribution in [0, 0.1) is 13.8 Å². The standard InChI is InChI=1S/C21H24N4O3S2/c1-4-5-6-19-23-24-21(29-19)22-20(26)16-10-9-15(3)18(13-16)30(27,28)25-17-11-7-14(2)8-12-17/h7-13,25H,4-6H2,1-3H3,(H,22,24,26). The first kappa shape index (κ1) is 21.9. The van der Waals surface area contributed by atoms with Crippen LogP contribution in [0.2, 0.25) is 0 Å². The molecule has 0 bridgehead atoms. The van der Waals surface area contributed by atoms with Crippen molar-refractivity contribution in [1.82, 2.24) is 10.2 Å². The van der Waals surface area contributed by atoms with E-state index in [1.807, 2.05) is 19.1 Å². The predicted molar refractivity (Wildman–Crippen MR) is 120 cm³/mol. The fraction of sp³-hybridized carbons (Fsp3) is 0.286. The maximum atomic E-state index is 12.9. The monoisotopic (exact) mass is 444 g/mol. The molecule has 0 spiro atoms. The zero-order valence-electron chi connectivity index (χ0n) is 17.1. The number of carbonyl (C=O) groups excluding carboxylic acids is 1.